The van der Waals surface area contributed by atoms with Crippen molar-refractivity contribution in [3.05, 3.63) is 70.7 Å². The van der Waals surface area contributed by atoms with Gasteiger partial charge in [-0.05, 0) is 59.4 Å². The minimum atomic E-state index is -0.450. The molecule has 1 aliphatic carbocycles. The Bertz CT molecular complexity index is 1340. The smallest absolute Gasteiger partial charge is 0.316 e. The average molecular weight is 398 g/mol. The van der Waals surface area contributed by atoms with E-state index >= 15 is 0 Å². The van der Waals surface area contributed by atoms with Crippen LogP contribution in [0.25, 0.3) is 21.0 Å². The fraction of sp³-hybridized carbons (Fsp3) is 0.167. The van der Waals surface area contributed by atoms with Crippen molar-refractivity contribution in [2.45, 2.75) is 18.3 Å². The first-order valence-corrected chi connectivity index (χ1v) is 10.2. The zero-order chi connectivity index (χ0) is 20.0. The lowest BCUT2D eigenvalue weighted by Gasteiger charge is -2.13. The van der Waals surface area contributed by atoms with Crippen LogP contribution in [-0.2, 0) is 14.9 Å². The van der Waals surface area contributed by atoms with Crippen molar-refractivity contribution in [1.82, 2.24) is 4.98 Å². The molecule has 2 N–H and O–H groups in total. The molecule has 5 heteroatoms. The fourth-order valence-corrected chi connectivity index (χ4v) is 4.64. The molecule has 0 unspecified atom stereocenters. The number of nitrogen functional groups attached to an aromatic ring is 1. The van der Waals surface area contributed by atoms with Crippen molar-refractivity contribution in [3.8, 4) is 11.8 Å². The number of thiophene rings is 1. The number of carbonyl (C=O) groups is 1. The van der Waals surface area contributed by atoms with Gasteiger partial charge in [0.15, 0.2) is 0 Å². The highest BCUT2D eigenvalue weighted by Crippen LogP contribution is 2.49. The third-order valence-corrected chi connectivity index (χ3v) is 6.59. The Morgan fingerprint density at radius 3 is 2.69 bits per heavy atom. The second kappa shape index (κ2) is 6.61. The van der Waals surface area contributed by atoms with Crippen LogP contribution in [0, 0.1) is 11.8 Å². The molecule has 4 aromatic rings. The number of aromatic nitrogens is 1. The van der Waals surface area contributed by atoms with E-state index in [1.165, 1.54) is 18.4 Å². The van der Waals surface area contributed by atoms with E-state index in [4.69, 9.17) is 10.5 Å². The topological polar surface area (TPSA) is 65.2 Å². The Kier molecular flexibility index (Phi) is 4.04. The summed E-state index contributed by atoms with van der Waals surface area (Å²) in [5.41, 5.74) is 8.41. The lowest BCUT2D eigenvalue weighted by molar-refractivity contribution is -0.143. The lowest BCUT2D eigenvalue weighted by Crippen LogP contribution is -2.21. The maximum atomic E-state index is 12.1. The van der Waals surface area contributed by atoms with Crippen LogP contribution >= 0.6 is 11.3 Å². The average Bonchev–Trinajstić information content (AvgIpc) is 3.51. The molecule has 29 heavy (non-hydrogen) atoms. The summed E-state index contributed by atoms with van der Waals surface area (Å²) in [7, 11) is 1.45. The normalized spacial score (nSPS) is 14.4. The Hall–Kier alpha value is -3.36. The van der Waals surface area contributed by atoms with Gasteiger partial charge in [0.2, 0.25) is 0 Å². The van der Waals surface area contributed by atoms with E-state index in [-0.39, 0.29) is 5.97 Å². The molecule has 0 aliphatic heterocycles. The predicted molar refractivity (Wildman–Crippen MR) is 117 cm³/mol. The largest absolute Gasteiger partial charge is 0.468 e. The third-order valence-electron chi connectivity index (χ3n) is 5.54. The third kappa shape index (κ3) is 2.93. The zero-order valence-electron chi connectivity index (χ0n) is 15.9. The number of benzene rings is 2. The van der Waals surface area contributed by atoms with Crippen LogP contribution in [0.2, 0.25) is 0 Å². The summed E-state index contributed by atoms with van der Waals surface area (Å²) in [5, 5.41) is 3.13. The van der Waals surface area contributed by atoms with Gasteiger partial charge in [-0.1, -0.05) is 30.2 Å². The first-order chi connectivity index (χ1) is 14.1. The number of fused-ring (bicyclic) bond motifs is 2. The number of rotatable bonds is 2. The summed E-state index contributed by atoms with van der Waals surface area (Å²) in [6, 6.07) is 16.1. The van der Waals surface area contributed by atoms with Gasteiger partial charge >= 0.3 is 5.97 Å². The Balaban J connectivity index is 1.48. The van der Waals surface area contributed by atoms with Crippen LogP contribution in [0.3, 0.4) is 0 Å². The number of nitrogens with two attached hydrogens (primary N) is 1. The van der Waals surface area contributed by atoms with E-state index in [1.54, 1.807) is 6.20 Å². The van der Waals surface area contributed by atoms with Crippen LogP contribution in [-0.4, -0.2) is 18.1 Å². The molecule has 142 valence electrons. The molecule has 2 aromatic carbocycles. The number of esters is 1. The van der Waals surface area contributed by atoms with Crippen molar-refractivity contribution in [2.75, 3.05) is 12.8 Å². The molecule has 0 amide bonds. The SMILES string of the molecule is COC(=O)C1(c2ccc3cc(C#Cc4sc5ncccc5c4N)ccc3c2)CC1. The maximum absolute atomic E-state index is 12.1. The second-order valence-electron chi connectivity index (χ2n) is 7.30. The molecule has 2 heterocycles. The van der Waals surface area contributed by atoms with Crippen molar-refractivity contribution in [3.63, 3.8) is 0 Å². The Morgan fingerprint density at radius 1 is 1.14 bits per heavy atom. The van der Waals surface area contributed by atoms with Gasteiger partial charge in [0.05, 0.1) is 18.2 Å². The predicted octanol–water partition coefficient (Wildman–Crippen LogP) is 4.64. The van der Waals surface area contributed by atoms with Crippen LogP contribution in [0.1, 0.15) is 28.8 Å². The standard InChI is InChI=1S/C24H18N2O2S/c1-28-23(27)24(10-11-24)18-8-7-16-13-15(4-6-17(16)14-18)5-9-20-21(25)19-3-2-12-26-22(19)29-20/h2-4,6-8,12-14H,10-11,25H2,1H3. The Morgan fingerprint density at radius 2 is 1.93 bits per heavy atom. The molecule has 0 atom stereocenters. The first kappa shape index (κ1) is 17.7. The number of hydrogen-bond acceptors (Lipinski definition) is 5. The second-order valence-corrected chi connectivity index (χ2v) is 8.30. The molecule has 2 aromatic heterocycles. The number of ether oxygens (including phenoxy) is 1. The van der Waals surface area contributed by atoms with Gasteiger partial charge in [-0.3, -0.25) is 4.79 Å². The van der Waals surface area contributed by atoms with Gasteiger partial charge in [-0.2, -0.15) is 0 Å². The van der Waals surface area contributed by atoms with Crippen LogP contribution in [0.15, 0.2) is 54.7 Å². The summed E-state index contributed by atoms with van der Waals surface area (Å²) in [6.45, 7) is 0. The summed E-state index contributed by atoms with van der Waals surface area (Å²) in [5.74, 6) is 6.27. The summed E-state index contributed by atoms with van der Waals surface area (Å²) < 4.78 is 5.00. The molecule has 5 rings (SSSR count). The maximum Gasteiger partial charge on any atom is 0.316 e. The quantitative estimate of drug-likeness (QED) is 0.395. The number of carbonyl (C=O) groups excluding carboxylic acids is 1. The molecule has 0 saturated heterocycles. The highest BCUT2D eigenvalue weighted by molar-refractivity contribution is 7.19. The van der Waals surface area contributed by atoms with Gasteiger partial charge in [-0.25, -0.2) is 4.98 Å². The summed E-state index contributed by atoms with van der Waals surface area (Å²) >= 11 is 1.51. The molecular formula is C24H18N2O2S. The highest BCUT2D eigenvalue weighted by atomic mass is 32.1. The minimum Gasteiger partial charge on any atom is -0.468 e. The number of hydrogen-bond donors (Lipinski definition) is 1. The monoisotopic (exact) mass is 398 g/mol. The fourth-order valence-electron chi connectivity index (χ4n) is 3.73. The summed E-state index contributed by atoms with van der Waals surface area (Å²) in [6.07, 6.45) is 3.46. The lowest BCUT2D eigenvalue weighted by atomic mass is 9.93. The number of nitrogens with zero attached hydrogens (tertiary/aromatic N) is 1. The van der Waals surface area contributed by atoms with E-state index in [0.717, 1.165) is 49.8 Å². The molecule has 1 fully saturated rings. The highest BCUT2D eigenvalue weighted by Gasteiger charge is 2.52. The van der Waals surface area contributed by atoms with Crippen molar-refractivity contribution in [1.29, 1.82) is 0 Å². The van der Waals surface area contributed by atoms with E-state index in [0.29, 0.717) is 5.69 Å². The van der Waals surface area contributed by atoms with Gasteiger partial charge in [-0.15, -0.1) is 11.3 Å². The van der Waals surface area contributed by atoms with E-state index in [2.05, 4.69) is 35.0 Å². The van der Waals surface area contributed by atoms with Gasteiger partial charge in [0, 0.05) is 17.1 Å². The van der Waals surface area contributed by atoms with Gasteiger partial charge in [0.25, 0.3) is 0 Å². The van der Waals surface area contributed by atoms with Gasteiger partial charge < -0.3 is 10.5 Å². The van der Waals surface area contributed by atoms with Crippen molar-refractivity contribution in [2.24, 2.45) is 0 Å². The zero-order valence-corrected chi connectivity index (χ0v) is 16.7. The van der Waals surface area contributed by atoms with Crippen LogP contribution in [0.4, 0.5) is 5.69 Å². The Labute approximate surface area is 172 Å². The molecule has 4 nitrogen and oxygen atoms in total. The van der Waals surface area contributed by atoms with E-state index in [1.807, 2.05) is 30.3 Å². The molecule has 0 bridgehead atoms. The molecule has 1 aliphatic rings. The van der Waals surface area contributed by atoms with Crippen LogP contribution < -0.4 is 5.73 Å². The van der Waals surface area contributed by atoms with Crippen LogP contribution in [0.5, 0.6) is 0 Å². The summed E-state index contributed by atoms with van der Waals surface area (Å²) in [4.78, 5) is 18.2. The molecular weight excluding hydrogens is 380 g/mol. The number of anilines is 1. The van der Waals surface area contributed by atoms with Gasteiger partial charge in [0.1, 0.15) is 9.71 Å². The number of pyridine rings is 1. The molecule has 0 spiro atoms. The first-order valence-electron chi connectivity index (χ1n) is 9.38. The van der Waals surface area contributed by atoms with E-state index < -0.39 is 5.41 Å². The minimum absolute atomic E-state index is 0.144. The van der Waals surface area contributed by atoms with Crippen molar-refractivity contribution >= 4 is 44.0 Å². The molecule has 0 radical (unpaired) electrons. The van der Waals surface area contributed by atoms with Crippen molar-refractivity contribution < 1.29 is 9.53 Å². The number of methoxy groups -OCH3 is 1. The molecule has 1 saturated carbocycles. The van der Waals surface area contributed by atoms with E-state index in [9.17, 15) is 4.79 Å².